The third-order valence-corrected chi connectivity index (χ3v) is 3.18. The van der Waals surface area contributed by atoms with Crippen LogP contribution in [-0.2, 0) is 11.3 Å². The van der Waals surface area contributed by atoms with Gasteiger partial charge in [0, 0.05) is 6.92 Å². The number of methoxy groups -OCH3 is 1. The molecule has 22 heavy (non-hydrogen) atoms. The number of carbonyl (C=O) groups is 1. The molecule has 0 amide bonds. The van der Waals surface area contributed by atoms with Crippen molar-refractivity contribution in [3.8, 4) is 5.75 Å². The first-order valence-corrected chi connectivity index (χ1v) is 6.70. The molecule has 112 valence electrons. The van der Waals surface area contributed by atoms with Crippen LogP contribution >= 0.6 is 0 Å². The van der Waals surface area contributed by atoms with Crippen molar-refractivity contribution in [2.24, 2.45) is 0 Å². The molecule has 0 saturated heterocycles. The Morgan fingerprint density at radius 2 is 1.91 bits per heavy atom. The van der Waals surface area contributed by atoms with Crippen LogP contribution in [0.15, 0.2) is 40.8 Å². The van der Waals surface area contributed by atoms with E-state index in [0.717, 1.165) is 10.8 Å². The molecule has 3 aromatic rings. The quantitative estimate of drug-likeness (QED) is 0.689. The monoisotopic (exact) mass is 298 g/mol. The van der Waals surface area contributed by atoms with Gasteiger partial charge in [-0.25, -0.2) is 4.79 Å². The van der Waals surface area contributed by atoms with Crippen LogP contribution in [0.25, 0.3) is 10.8 Å². The van der Waals surface area contributed by atoms with Crippen molar-refractivity contribution in [2.45, 2.75) is 13.5 Å². The van der Waals surface area contributed by atoms with E-state index in [4.69, 9.17) is 13.9 Å². The summed E-state index contributed by atoms with van der Waals surface area (Å²) in [6, 6.07) is 11.3. The van der Waals surface area contributed by atoms with Gasteiger partial charge < -0.3 is 13.9 Å². The average molecular weight is 298 g/mol. The van der Waals surface area contributed by atoms with Crippen molar-refractivity contribution in [3.63, 3.8) is 0 Å². The maximum absolute atomic E-state index is 12.3. The Balaban J connectivity index is 1.85. The number of benzene rings is 2. The van der Waals surface area contributed by atoms with Gasteiger partial charge in [0.25, 0.3) is 5.89 Å². The molecule has 0 saturated carbocycles. The SMILES string of the molecule is COc1cc2ccccc2cc1C(=O)OCc1nnc(C)o1. The van der Waals surface area contributed by atoms with Crippen molar-refractivity contribution in [1.29, 1.82) is 0 Å². The van der Waals surface area contributed by atoms with Gasteiger partial charge in [-0.05, 0) is 22.9 Å². The third-order valence-electron chi connectivity index (χ3n) is 3.18. The first-order chi connectivity index (χ1) is 10.7. The van der Waals surface area contributed by atoms with E-state index in [2.05, 4.69) is 10.2 Å². The number of hydrogen-bond acceptors (Lipinski definition) is 6. The van der Waals surface area contributed by atoms with Crippen molar-refractivity contribution < 1.29 is 18.7 Å². The van der Waals surface area contributed by atoms with Gasteiger partial charge in [-0.2, -0.15) is 0 Å². The molecule has 2 aromatic carbocycles. The summed E-state index contributed by atoms with van der Waals surface area (Å²) in [6.07, 6.45) is 0. The number of carbonyl (C=O) groups excluding carboxylic acids is 1. The van der Waals surface area contributed by atoms with Gasteiger partial charge in [0.2, 0.25) is 5.89 Å². The third kappa shape index (κ3) is 2.76. The molecule has 0 aliphatic carbocycles. The highest BCUT2D eigenvalue weighted by atomic mass is 16.5. The first kappa shape index (κ1) is 14.1. The molecule has 0 spiro atoms. The van der Waals surface area contributed by atoms with E-state index in [1.807, 2.05) is 30.3 Å². The second kappa shape index (κ2) is 5.85. The van der Waals surface area contributed by atoms with E-state index >= 15 is 0 Å². The Hall–Kier alpha value is -2.89. The fourth-order valence-corrected chi connectivity index (χ4v) is 2.15. The molecule has 0 N–H and O–H groups in total. The molecule has 6 nitrogen and oxygen atoms in total. The summed E-state index contributed by atoms with van der Waals surface area (Å²) in [7, 11) is 1.52. The Morgan fingerprint density at radius 1 is 1.18 bits per heavy atom. The maximum atomic E-state index is 12.3. The van der Waals surface area contributed by atoms with Crippen LogP contribution < -0.4 is 4.74 Å². The van der Waals surface area contributed by atoms with Crippen LogP contribution in [0.5, 0.6) is 5.75 Å². The number of ether oxygens (including phenoxy) is 2. The summed E-state index contributed by atoms with van der Waals surface area (Å²) in [5.74, 6) is 0.642. The molecule has 0 unspecified atom stereocenters. The highest BCUT2D eigenvalue weighted by molar-refractivity contribution is 5.98. The van der Waals surface area contributed by atoms with Crippen LogP contribution in [0.1, 0.15) is 22.1 Å². The lowest BCUT2D eigenvalue weighted by Crippen LogP contribution is -2.07. The summed E-state index contributed by atoms with van der Waals surface area (Å²) >= 11 is 0. The molecule has 3 rings (SSSR count). The average Bonchev–Trinajstić information content (AvgIpc) is 2.96. The minimum atomic E-state index is -0.501. The van der Waals surface area contributed by atoms with E-state index in [0.29, 0.717) is 17.2 Å². The van der Waals surface area contributed by atoms with Crippen molar-refractivity contribution in [2.75, 3.05) is 7.11 Å². The molecular weight excluding hydrogens is 284 g/mol. The molecular formula is C16H14N2O4. The summed E-state index contributed by atoms with van der Waals surface area (Å²) in [4.78, 5) is 12.3. The largest absolute Gasteiger partial charge is 0.496 e. The molecule has 0 aliphatic rings. The smallest absolute Gasteiger partial charge is 0.342 e. The number of aromatic nitrogens is 2. The zero-order valence-corrected chi connectivity index (χ0v) is 12.2. The molecule has 6 heteroatoms. The minimum absolute atomic E-state index is 0.0738. The second-order valence-electron chi connectivity index (χ2n) is 4.69. The predicted octanol–water partition coefficient (Wildman–Crippen LogP) is 2.90. The molecule has 0 aliphatic heterocycles. The van der Waals surface area contributed by atoms with Crippen LogP contribution in [0.2, 0.25) is 0 Å². The highest BCUT2D eigenvalue weighted by Gasteiger charge is 2.16. The number of aryl methyl sites for hydroxylation is 1. The van der Waals surface area contributed by atoms with E-state index in [1.165, 1.54) is 7.11 Å². The number of fused-ring (bicyclic) bond motifs is 1. The lowest BCUT2D eigenvalue weighted by molar-refractivity contribution is 0.0433. The normalized spacial score (nSPS) is 10.6. The Labute approximate surface area is 126 Å². The van der Waals surface area contributed by atoms with Gasteiger partial charge >= 0.3 is 5.97 Å². The van der Waals surface area contributed by atoms with E-state index in [-0.39, 0.29) is 12.5 Å². The molecule has 1 heterocycles. The molecule has 0 bridgehead atoms. The summed E-state index contributed by atoms with van der Waals surface area (Å²) in [5, 5.41) is 9.38. The summed E-state index contributed by atoms with van der Waals surface area (Å²) in [6.45, 7) is 1.60. The van der Waals surface area contributed by atoms with Gasteiger partial charge in [-0.3, -0.25) is 0 Å². The topological polar surface area (TPSA) is 74.5 Å². The number of esters is 1. The highest BCUT2D eigenvalue weighted by Crippen LogP contribution is 2.26. The van der Waals surface area contributed by atoms with Crippen molar-refractivity contribution in [3.05, 3.63) is 53.7 Å². The van der Waals surface area contributed by atoms with Gasteiger partial charge in [-0.15, -0.1) is 10.2 Å². The maximum Gasteiger partial charge on any atom is 0.342 e. The predicted molar refractivity (Wildman–Crippen MR) is 78.7 cm³/mol. The van der Waals surface area contributed by atoms with Crippen LogP contribution in [-0.4, -0.2) is 23.3 Å². The van der Waals surface area contributed by atoms with Gasteiger partial charge in [0.05, 0.1) is 7.11 Å². The second-order valence-corrected chi connectivity index (χ2v) is 4.69. The standard InChI is InChI=1S/C16H14N2O4/c1-10-17-18-15(22-10)9-21-16(19)13-7-11-5-3-4-6-12(11)8-14(13)20-2/h3-8H,9H2,1-2H3. The zero-order valence-electron chi connectivity index (χ0n) is 12.2. The van der Waals surface area contributed by atoms with E-state index < -0.39 is 5.97 Å². The van der Waals surface area contributed by atoms with E-state index in [9.17, 15) is 4.79 Å². The van der Waals surface area contributed by atoms with E-state index in [1.54, 1.807) is 13.0 Å². The molecule has 0 fully saturated rings. The molecule has 0 atom stereocenters. The first-order valence-electron chi connectivity index (χ1n) is 6.70. The number of rotatable bonds is 4. The fraction of sp³-hybridized carbons (Fsp3) is 0.188. The summed E-state index contributed by atoms with van der Waals surface area (Å²) in [5.41, 5.74) is 0.359. The van der Waals surface area contributed by atoms with Gasteiger partial charge in [-0.1, -0.05) is 24.3 Å². The minimum Gasteiger partial charge on any atom is -0.496 e. The van der Waals surface area contributed by atoms with Gasteiger partial charge in [0.1, 0.15) is 11.3 Å². The number of nitrogens with zero attached hydrogens (tertiary/aromatic N) is 2. The fourth-order valence-electron chi connectivity index (χ4n) is 2.15. The van der Waals surface area contributed by atoms with Crippen molar-refractivity contribution >= 4 is 16.7 Å². The lowest BCUT2D eigenvalue weighted by atomic mass is 10.1. The van der Waals surface area contributed by atoms with Crippen molar-refractivity contribution in [1.82, 2.24) is 10.2 Å². The Kier molecular flexibility index (Phi) is 3.74. The van der Waals surface area contributed by atoms with Crippen LogP contribution in [0, 0.1) is 6.92 Å². The van der Waals surface area contributed by atoms with Crippen LogP contribution in [0.4, 0.5) is 0 Å². The summed E-state index contributed by atoms with van der Waals surface area (Å²) < 4.78 is 15.6. The van der Waals surface area contributed by atoms with Gasteiger partial charge in [0.15, 0.2) is 6.61 Å². The van der Waals surface area contributed by atoms with Crippen LogP contribution in [0.3, 0.4) is 0 Å². The molecule has 1 aromatic heterocycles. The zero-order chi connectivity index (χ0) is 15.5. The molecule has 0 radical (unpaired) electrons. The Morgan fingerprint density at radius 3 is 2.55 bits per heavy atom. The Bertz CT molecular complexity index is 826. The number of hydrogen-bond donors (Lipinski definition) is 0. The lowest BCUT2D eigenvalue weighted by Gasteiger charge is -2.09.